The third-order valence-electron chi connectivity index (χ3n) is 7.44. The predicted octanol–water partition coefficient (Wildman–Crippen LogP) is 1.94. The fourth-order valence-corrected chi connectivity index (χ4v) is 5.63. The third kappa shape index (κ3) is 3.81. The zero-order valence-corrected chi connectivity index (χ0v) is 17.0. The Morgan fingerprint density at radius 2 is 1.74 bits per heavy atom. The average Bonchev–Trinajstić information content (AvgIpc) is 2.99. The van der Waals surface area contributed by atoms with Crippen LogP contribution in [0, 0.1) is 5.92 Å². The van der Waals surface area contributed by atoms with E-state index in [4.69, 9.17) is 0 Å². The fourth-order valence-electron chi connectivity index (χ4n) is 5.63. The molecule has 1 atom stereocenters. The Hall–Kier alpha value is -0.980. The van der Waals surface area contributed by atoms with Crippen LogP contribution >= 0.6 is 0 Å². The highest BCUT2D eigenvalue weighted by molar-refractivity contribution is 5.26. The van der Waals surface area contributed by atoms with E-state index in [1.54, 1.807) is 0 Å². The number of nitrogens with one attached hydrogen (secondary N) is 2. The van der Waals surface area contributed by atoms with Crippen LogP contribution in [0.25, 0.3) is 0 Å². The van der Waals surface area contributed by atoms with Crippen LogP contribution in [0.1, 0.15) is 44.1 Å². The minimum atomic E-state index is -0.483. The van der Waals surface area contributed by atoms with Crippen molar-refractivity contribution in [3.05, 3.63) is 35.9 Å². The van der Waals surface area contributed by atoms with Crippen molar-refractivity contribution in [3.8, 4) is 0 Å². The molecular formula is C22H36N4O. The summed E-state index contributed by atoms with van der Waals surface area (Å²) in [5, 5.41) is 17.7. The van der Waals surface area contributed by atoms with Crippen molar-refractivity contribution in [2.45, 2.75) is 56.0 Å². The first-order chi connectivity index (χ1) is 13.0. The van der Waals surface area contributed by atoms with Gasteiger partial charge in [0.05, 0.1) is 0 Å². The zero-order chi connectivity index (χ0) is 18.9. The van der Waals surface area contributed by atoms with Crippen molar-refractivity contribution in [1.82, 2.24) is 20.4 Å². The summed E-state index contributed by atoms with van der Waals surface area (Å²) in [6.45, 7) is 4.25. The van der Waals surface area contributed by atoms with Crippen LogP contribution in [0.3, 0.4) is 0 Å². The van der Waals surface area contributed by atoms with Gasteiger partial charge in [0.2, 0.25) is 0 Å². The van der Waals surface area contributed by atoms with Crippen molar-refractivity contribution in [2.24, 2.45) is 5.92 Å². The monoisotopic (exact) mass is 372 g/mol. The average molecular weight is 373 g/mol. The van der Waals surface area contributed by atoms with Gasteiger partial charge in [-0.25, -0.2) is 0 Å². The molecule has 1 spiro atoms. The number of piperidine rings is 1. The van der Waals surface area contributed by atoms with E-state index in [-0.39, 0.29) is 11.1 Å². The lowest BCUT2D eigenvalue weighted by atomic mass is 9.69. The minimum absolute atomic E-state index is 0.0701. The lowest BCUT2D eigenvalue weighted by Crippen LogP contribution is -2.54. The van der Waals surface area contributed by atoms with Crippen LogP contribution in [0.2, 0.25) is 0 Å². The molecule has 3 fully saturated rings. The Kier molecular flexibility index (Phi) is 5.59. The second-order valence-corrected chi connectivity index (χ2v) is 9.21. The Balaban J connectivity index is 1.43. The number of benzene rings is 1. The molecule has 0 aromatic heterocycles. The van der Waals surface area contributed by atoms with Gasteiger partial charge in [0.25, 0.3) is 0 Å². The van der Waals surface area contributed by atoms with Gasteiger partial charge in [-0.05, 0) is 77.2 Å². The van der Waals surface area contributed by atoms with E-state index in [2.05, 4.69) is 64.9 Å². The van der Waals surface area contributed by atoms with Gasteiger partial charge in [-0.3, -0.25) is 15.1 Å². The molecule has 27 heavy (non-hydrogen) atoms. The van der Waals surface area contributed by atoms with Gasteiger partial charge >= 0.3 is 0 Å². The number of aliphatic hydroxyl groups excluding tert-OH is 1. The first-order valence-electron chi connectivity index (χ1n) is 10.7. The third-order valence-corrected chi connectivity index (χ3v) is 7.44. The van der Waals surface area contributed by atoms with Crippen LogP contribution in [0.4, 0.5) is 0 Å². The first kappa shape index (κ1) is 19.3. The maximum Gasteiger partial charge on any atom is 0.163 e. The molecular weight excluding hydrogens is 336 g/mol. The highest BCUT2D eigenvalue weighted by Gasteiger charge is 2.50. The lowest BCUT2D eigenvalue weighted by molar-refractivity contribution is 0.00683. The van der Waals surface area contributed by atoms with Crippen molar-refractivity contribution in [1.29, 1.82) is 0 Å². The Bertz CT molecular complexity index is 606. The standard InChI is InChI=1S/C22H36N4O/c1-25(2)22(19-6-4-3-5-7-19)12-10-21(11-13-22)17-26(20(27)24-21)16-18-8-14-23-15-9-18/h3-7,18,20,23-24,27H,8-17H2,1-2H3/t20?,21-,22+. The van der Waals surface area contributed by atoms with E-state index in [0.29, 0.717) is 5.92 Å². The van der Waals surface area contributed by atoms with Crippen molar-refractivity contribution < 1.29 is 5.11 Å². The number of hydrogen-bond acceptors (Lipinski definition) is 5. The number of rotatable bonds is 4. The SMILES string of the molecule is CN(C)[C@]1(c2ccccc2)CC[C@]2(CC1)CN(CC1CCNCC1)C(O)N2. The Morgan fingerprint density at radius 1 is 1.07 bits per heavy atom. The van der Waals surface area contributed by atoms with Crippen LogP contribution in [-0.4, -0.2) is 67.1 Å². The molecule has 0 amide bonds. The molecule has 3 N–H and O–H groups in total. The minimum Gasteiger partial charge on any atom is -0.365 e. The summed E-state index contributed by atoms with van der Waals surface area (Å²) in [6.07, 6.45) is 6.46. The molecule has 2 saturated heterocycles. The smallest absolute Gasteiger partial charge is 0.163 e. The molecule has 150 valence electrons. The number of hydrogen-bond donors (Lipinski definition) is 3. The maximum absolute atomic E-state index is 10.7. The van der Waals surface area contributed by atoms with E-state index >= 15 is 0 Å². The van der Waals surface area contributed by atoms with E-state index in [1.807, 2.05) is 0 Å². The molecule has 0 bridgehead atoms. The van der Waals surface area contributed by atoms with Gasteiger partial charge in [0.15, 0.2) is 6.35 Å². The summed E-state index contributed by atoms with van der Waals surface area (Å²) >= 11 is 0. The van der Waals surface area contributed by atoms with Crippen LogP contribution in [0.5, 0.6) is 0 Å². The van der Waals surface area contributed by atoms with Crippen molar-refractivity contribution >= 4 is 0 Å². The molecule has 5 nitrogen and oxygen atoms in total. The molecule has 1 aromatic carbocycles. The topological polar surface area (TPSA) is 50.8 Å². The van der Waals surface area contributed by atoms with Gasteiger partial charge < -0.3 is 10.4 Å². The molecule has 1 unspecified atom stereocenters. The normalized spacial score (nSPS) is 35.9. The second kappa shape index (κ2) is 7.80. The summed E-state index contributed by atoms with van der Waals surface area (Å²) in [7, 11) is 4.43. The summed E-state index contributed by atoms with van der Waals surface area (Å²) in [5.74, 6) is 0.714. The molecule has 2 aliphatic heterocycles. The highest BCUT2D eigenvalue weighted by atomic mass is 16.3. The lowest BCUT2D eigenvalue weighted by Gasteiger charge is -2.49. The van der Waals surface area contributed by atoms with Gasteiger partial charge in [0.1, 0.15) is 0 Å². The number of nitrogens with zero attached hydrogens (tertiary/aromatic N) is 2. The van der Waals surface area contributed by atoms with Crippen LogP contribution in [0.15, 0.2) is 30.3 Å². The fraction of sp³-hybridized carbons (Fsp3) is 0.727. The Labute approximate surface area is 164 Å². The molecule has 0 radical (unpaired) electrons. The largest absolute Gasteiger partial charge is 0.365 e. The maximum atomic E-state index is 10.7. The molecule has 2 heterocycles. The number of aliphatic hydroxyl groups is 1. The molecule has 3 aliphatic rings. The summed E-state index contributed by atoms with van der Waals surface area (Å²) in [5.41, 5.74) is 1.61. The second-order valence-electron chi connectivity index (χ2n) is 9.21. The highest BCUT2D eigenvalue weighted by Crippen LogP contribution is 2.46. The summed E-state index contributed by atoms with van der Waals surface area (Å²) in [6, 6.07) is 11.0. The molecule has 1 aromatic rings. The molecule has 5 heteroatoms. The zero-order valence-electron chi connectivity index (χ0n) is 17.0. The van der Waals surface area contributed by atoms with E-state index in [9.17, 15) is 5.11 Å². The van der Waals surface area contributed by atoms with Gasteiger partial charge in [0, 0.05) is 24.2 Å². The molecule has 1 saturated carbocycles. The van der Waals surface area contributed by atoms with Crippen molar-refractivity contribution in [3.63, 3.8) is 0 Å². The molecule has 4 rings (SSSR count). The quantitative estimate of drug-likeness (QED) is 0.754. The Morgan fingerprint density at radius 3 is 2.37 bits per heavy atom. The summed E-state index contributed by atoms with van der Waals surface area (Å²) < 4.78 is 0. The van der Waals surface area contributed by atoms with Gasteiger partial charge in [-0.1, -0.05) is 30.3 Å². The predicted molar refractivity (Wildman–Crippen MR) is 109 cm³/mol. The van der Waals surface area contributed by atoms with E-state index < -0.39 is 6.35 Å². The summed E-state index contributed by atoms with van der Waals surface area (Å²) in [4.78, 5) is 4.70. The van der Waals surface area contributed by atoms with E-state index in [1.165, 1.54) is 18.4 Å². The van der Waals surface area contributed by atoms with Crippen LogP contribution < -0.4 is 10.6 Å². The first-order valence-corrected chi connectivity index (χ1v) is 10.7. The van der Waals surface area contributed by atoms with E-state index in [0.717, 1.165) is 51.9 Å². The van der Waals surface area contributed by atoms with Gasteiger partial charge in [-0.15, -0.1) is 0 Å². The van der Waals surface area contributed by atoms with Crippen molar-refractivity contribution in [2.75, 3.05) is 40.3 Å². The molecule has 1 aliphatic carbocycles. The van der Waals surface area contributed by atoms with Crippen LogP contribution in [-0.2, 0) is 5.54 Å². The van der Waals surface area contributed by atoms with Gasteiger partial charge in [-0.2, -0.15) is 0 Å².